The predicted molar refractivity (Wildman–Crippen MR) is 88.6 cm³/mol. The number of allylic oxidation sites excluding steroid dienone is 1. The van der Waals surface area contributed by atoms with Crippen LogP contribution in [0.1, 0.15) is 59.3 Å². The molecule has 0 aromatic rings. The fraction of sp³-hybridized carbons (Fsp3) is 0.789. The Morgan fingerprint density at radius 1 is 1.13 bits per heavy atom. The maximum Gasteiger partial charge on any atom is 0.331 e. The topological polar surface area (TPSA) is 55.4 Å². The second-order valence-electron chi connectivity index (χ2n) is 8.40. The van der Waals surface area contributed by atoms with Crippen LogP contribution < -0.4 is 5.32 Å². The van der Waals surface area contributed by atoms with Gasteiger partial charge in [-0.1, -0.05) is 5.57 Å². The lowest BCUT2D eigenvalue weighted by Gasteiger charge is -2.59. The Morgan fingerprint density at radius 2 is 1.65 bits per heavy atom. The van der Waals surface area contributed by atoms with Crippen molar-refractivity contribution in [3.63, 3.8) is 0 Å². The van der Waals surface area contributed by atoms with Crippen LogP contribution in [-0.4, -0.2) is 24.5 Å². The highest BCUT2D eigenvalue weighted by molar-refractivity contribution is 5.86. The van der Waals surface area contributed by atoms with Gasteiger partial charge in [0.05, 0.1) is 0 Å². The van der Waals surface area contributed by atoms with E-state index in [0.717, 1.165) is 23.3 Å². The van der Waals surface area contributed by atoms with E-state index in [9.17, 15) is 9.59 Å². The largest absolute Gasteiger partial charge is 0.452 e. The van der Waals surface area contributed by atoms with Gasteiger partial charge in [-0.2, -0.15) is 0 Å². The zero-order valence-electron chi connectivity index (χ0n) is 14.6. The molecule has 128 valence electrons. The summed E-state index contributed by atoms with van der Waals surface area (Å²) in [5, 5.41) is 3.11. The predicted octanol–water partition coefficient (Wildman–Crippen LogP) is 3.22. The van der Waals surface area contributed by atoms with Gasteiger partial charge in [0.25, 0.3) is 5.91 Å². The van der Waals surface area contributed by atoms with E-state index in [0.29, 0.717) is 0 Å². The molecule has 0 spiro atoms. The van der Waals surface area contributed by atoms with Gasteiger partial charge in [0.2, 0.25) is 0 Å². The van der Waals surface area contributed by atoms with Gasteiger partial charge < -0.3 is 10.1 Å². The molecule has 4 bridgehead atoms. The standard InChI is InChI=1S/C19H29NO3/c1-12(2)4-18(22)23-11-17(21)20-13(3)19-8-14-5-15(9-19)7-16(6-14)10-19/h4,13-16H,5-11H2,1-3H3,(H,20,21)/t13-,14?,15?,16?,19?/m1/s1. The SMILES string of the molecule is CC(C)=CC(=O)OCC(=O)N[C@H](C)C12CC3CC(CC(C3)C1)C2. The van der Waals surface area contributed by atoms with Gasteiger partial charge in [-0.05, 0) is 82.5 Å². The van der Waals surface area contributed by atoms with Crippen molar-refractivity contribution < 1.29 is 14.3 Å². The number of carbonyl (C=O) groups is 2. The first-order chi connectivity index (χ1) is 10.9. The van der Waals surface area contributed by atoms with Gasteiger partial charge in [0.15, 0.2) is 6.61 Å². The quantitative estimate of drug-likeness (QED) is 0.625. The van der Waals surface area contributed by atoms with Crippen LogP contribution in [0.15, 0.2) is 11.6 Å². The van der Waals surface area contributed by atoms with E-state index in [1.165, 1.54) is 44.6 Å². The van der Waals surface area contributed by atoms with E-state index in [1.807, 2.05) is 13.8 Å². The molecular formula is C19H29NO3. The molecule has 4 rings (SSSR count). The van der Waals surface area contributed by atoms with Crippen LogP contribution in [-0.2, 0) is 14.3 Å². The minimum absolute atomic E-state index is 0.172. The number of rotatable bonds is 5. The highest BCUT2D eigenvalue weighted by atomic mass is 16.5. The summed E-state index contributed by atoms with van der Waals surface area (Å²) in [4.78, 5) is 23.6. The molecule has 0 aromatic heterocycles. The van der Waals surface area contributed by atoms with Crippen LogP contribution >= 0.6 is 0 Å². The van der Waals surface area contributed by atoms with E-state index in [1.54, 1.807) is 0 Å². The third-order valence-corrected chi connectivity index (χ3v) is 6.13. The molecule has 4 aliphatic carbocycles. The van der Waals surface area contributed by atoms with E-state index < -0.39 is 5.97 Å². The lowest BCUT2D eigenvalue weighted by molar-refractivity contribution is -0.145. The lowest BCUT2D eigenvalue weighted by atomic mass is 9.48. The van der Waals surface area contributed by atoms with Crippen molar-refractivity contribution in [1.82, 2.24) is 5.32 Å². The van der Waals surface area contributed by atoms with Gasteiger partial charge in [-0.15, -0.1) is 0 Å². The fourth-order valence-corrected chi connectivity index (χ4v) is 5.56. The number of amides is 1. The van der Waals surface area contributed by atoms with Gasteiger partial charge in [0, 0.05) is 12.1 Å². The van der Waals surface area contributed by atoms with Crippen LogP contribution in [0.25, 0.3) is 0 Å². The molecule has 23 heavy (non-hydrogen) atoms. The summed E-state index contributed by atoms with van der Waals surface area (Å²) in [6, 6.07) is 0.172. The van der Waals surface area contributed by atoms with Crippen molar-refractivity contribution >= 4 is 11.9 Å². The van der Waals surface area contributed by atoms with E-state index in [4.69, 9.17) is 4.74 Å². The molecule has 0 aromatic carbocycles. The average Bonchev–Trinajstić information content (AvgIpc) is 2.43. The molecule has 1 amide bonds. The first-order valence-corrected chi connectivity index (χ1v) is 8.97. The molecule has 0 radical (unpaired) electrons. The number of esters is 1. The molecule has 0 heterocycles. The number of hydrogen-bond donors (Lipinski definition) is 1. The van der Waals surface area contributed by atoms with E-state index in [2.05, 4.69) is 12.2 Å². The monoisotopic (exact) mass is 319 g/mol. The normalized spacial score (nSPS) is 35.5. The third-order valence-electron chi connectivity index (χ3n) is 6.13. The molecule has 0 aliphatic heterocycles. The van der Waals surface area contributed by atoms with Crippen molar-refractivity contribution in [2.45, 2.75) is 65.3 Å². The lowest BCUT2D eigenvalue weighted by Crippen LogP contribution is -2.56. The second kappa shape index (κ2) is 6.29. The van der Waals surface area contributed by atoms with Crippen LogP contribution in [0.5, 0.6) is 0 Å². The molecule has 4 fully saturated rings. The van der Waals surface area contributed by atoms with E-state index >= 15 is 0 Å². The molecule has 1 atom stereocenters. The molecule has 0 saturated heterocycles. The average molecular weight is 319 g/mol. The number of nitrogens with one attached hydrogen (secondary N) is 1. The number of ether oxygens (including phenoxy) is 1. The summed E-state index contributed by atoms with van der Waals surface area (Å²) in [5.41, 5.74) is 1.16. The fourth-order valence-electron chi connectivity index (χ4n) is 5.56. The van der Waals surface area contributed by atoms with Gasteiger partial charge in [0.1, 0.15) is 0 Å². The Balaban J connectivity index is 1.53. The van der Waals surface area contributed by atoms with Crippen LogP contribution in [0.3, 0.4) is 0 Å². The first-order valence-electron chi connectivity index (χ1n) is 8.97. The van der Waals surface area contributed by atoms with Gasteiger partial charge >= 0.3 is 5.97 Å². The Kier molecular flexibility index (Phi) is 4.52. The summed E-state index contributed by atoms with van der Waals surface area (Å²) >= 11 is 0. The van der Waals surface area contributed by atoms with Crippen LogP contribution in [0, 0.1) is 23.2 Å². The smallest absolute Gasteiger partial charge is 0.331 e. The van der Waals surface area contributed by atoms with Crippen molar-refractivity contribution in [3.8, 4) is 0 Å². The Labute approximate surface area is 139 Å². The minimum atomic E-state index is -0.442. The van der Waals surface area contributed by atoms with Crippen molar-refractivity contribution in [2.75, 3.05) is 6.61 Å². The second-order valence-corrected chi connectivity index (χ2v) is 8.40. The Hall–Kier alpha value is -1.32. The maximum absolute atomic E-state index is 12.1. The highest BCUT2D eigenvalue weighted by Gasteiger charge is 2.53. The van der Waals surface area contributed by atoms with E-state index in [-0.39, 0.29) is 24.0 Å². The molecule has 4 nitrogen and oxygen atoms in total. The summed E-state index contributed by atoms with van der Waals surface area (Å²) < 4.78 is 5.01. The minimum Gasteiger partial charge on any atom is -0.452 e. The summed E-state index contributed by atoms with van der Waals surface area (Å²) in [5.74, 6) is 2.00. The summed E-state index contributed by atoms with van der Waals surface area (Å²) in [6.07, 6.45) is 9.41. The summed E-state index contributed by atoms with van der Waals surface area (Å²) in [7, 11) is 0. The number of hydrogen-bond acceptors (Lipinski definition) is 3. The summed E-state index contributed by atoms with van der Waals surface area (Å²) in [6.45, 7) is 5.62. The third kappa shape index (κ3) is 3.61. The van der Waals surface area contributed by atoms with Crippen LogP contribution in [0.4, 0.5) is 0 Å². The molecule has 4 heteroatoms. The van der Waals surface area contributed by atoms with Gasteiger partial charge in [-0.3, -0.25) is 4.79 Å². The van der Waals surface area contributed by atoms with Crippen molar-refractivity contribution in [3.05, 3.63) is 11.6 Å². The molecule has 4 saturated carbocycles. The highest BCUT2D eigenvalue weighted by Crippen LogP contribution is 2.61. The Morgan fingerprint density at radius 3 is 2.13 bits per heavy atom. The Bertz CT molecular complexity index is 483. The zero-order chi connectivity index (χ0) is 16.6. The maximum atomic E-state index is 12.1. The molecule has 4 aliphatic rings. The zero-order valence-corrected chi connectivity index (χ0v) is 14.6. The first kappa shape index (κ1) is 16.5. The molecular weight excluding hydrogens is 290 g/mol. The molecule has 0 unspecified atom stereocenters. The number of carbonyl (C=O) groups excluding carboxylic acids is 2. The van der Waals surface area contributed by atoms with Crippen molar-refractivity contribution in [1.29, 1.82) is 0 Å². The van der Waals surface area contributed by atoms with Crippen molar-refractivity contribution in [2.24, 2.45) is 23.2 Å². The van der Waals surface area contributed by atoms with Gasteiger partial charge in [-0.25, -0.2) is 4.79 Å². The van der Waals surface area contributed by atoms with Crippen LogP contribution in [0.2, 0.25) is 0 Å². The molecule has 1 N–H and O–H groups in total.